The fourth-order valence-corrected chi connectivity index (χ4v) is 5.76. The second-order valence-electron chi connectivity index (χ2n) is 9.26. The minimum absolute atomic E-state index is 0.922. The molecule has 1 aliphatic carbocycles. The highest BCUT2D eigenvalue weighted by Crippen LogP contribution is 2.48. The van der Waals surface area contributed by atoms with Gasteiger partial charge in [0.05, 0.1) is 0 Å². The van der Waals surface area contributed by atoms with E-state index in [1.54, 1.807) is 0 Å². The summed E-state index contributed by atoms with van der Waals surface area (Å²) < 4.78 is 0. The van der Waals surface area contributed by atoms with Crippen molar-refractivity contribution >= 4 is 49.0 Å². The van der Waals surface area contributed by atoms with Crippen LogP contribution in [0.4, 0.5) is 0 Å². The second kappa shape index (κ2) is 8.11. The maximum absolute atomic E-state index is 2.44. The van der Waals surface area contributed by atoms with Crippen LogP contribution in [0.1, 0.15) is 23.1 Å². The van der Waals surface area contributed by atoms with E-state index in [0.29, 0.717) is 0 Å². The topological polar surface area (TPSA) is 0 Å². The highest BCUT2D eigenvalue weighted by atomic mass is 14.3. The van der Waals surface area contributed by atoms with Gasteiger partial charge in [0.1, 0.15) is 0 Å². The molecule has 164 valence electrons. The summed E-state index contributed by atoms with van der Waals surface area (Å²) in [6, 6.07) is 46.3. The second-order valence-corrected chi connectivity index (χ2v) is 9.26. The lowest BCUT2D eigenvalue weighted by Crippen LogP contribution is -1.94. The summed E-state index contributed by atoms with van der Waals surface area (Å²) in [5.41, 5.74) is 8.04. The minimum atomic E-state index is 0.922. The Morgan fingerprint density at radius 1 is 0.371 bits per heavy atom. The summed E-state index contributed by atoms with van der Waals surface area (Å²) in [6.45, 7) is 0. The van der Waals surface area contributed by atoms with Crippen LogP contribution in [0, 0.1) is 0 Å². The van der Waals surface area contributed by atoms with Crippen molar-refractivity contribution < 1.29 is 0 Å². The van der Waals surface area contributed by atoms with E-state index in [2.05, 4.69) is 133 Å². The maximum atomic E-state index is 2.44. The fraction of sp³-hybridized carbons (Fsp3) is 0.0286. The van der Waals surface area contributed by atoms with Crippen molar-refractivity contribution in [2.45, 2.75) is 6.42 Å². The Morgan fingerprint density at radius 2 is 0.800 bits per heavy atom. The molecule has 0 saturated carbocycles. The zero-order valence-electron chi connectivity index (χ0n) is 19.4. The first kappa shape index (κ1) is 20.0. The van der Waals surface area contributed by atoms with Crippen molar-refractivity contribution in [2.24, 2.45) is 0 Å². The standard InChI is InChI=1S/C35H24/c1-4-16-27-24(10-1)13-7-19-30(27)33-22-23-34(31-20-8-14-25-11-2-5-17-28(25)31)35(33)32-21-9-15-26-12-3-6-18-29(26)32/h1-22H,23H2. The monoisotopic (exact) mass is 444 g/mol. The Bertz CT molecular complexity index is 1800. The Hall–Kier alpha value is -4.42. The first-order chi connectivity index (χ1) is 17.4. The van der Waals surface area contributed by atoms with Crippen LogP contribution in [-0.4, -0.2) is 0 Å². The highest BCUT2D eigenvalue weighted by Gasteiger charge is 2.25. The lowest BCUT2D eigenvalue weighted by Gasteiger charge is -2.18. The van der Waals surface area contributed by atoms with Crippen molar-refractivity contribution in [3.8, 4) is 0 Å². The Morgan fingerprint density at radius 3 is 1.40 bits per heavy atom. The van der Waals surface area contributed by atoms with Gasteiger partial charge < -0.3 is 0 Å². The fourth-order valence-electron chi connectivity index (χ4n) is 5.76. The zero-order chi connectivity index (χ0) is 23.2. The van der Waals surface area contributed by atoms with Gasteiger partial charge in [-0.15, -0.1) is 0 Å². The van der Waals surface area contributed by atoms with E-state index in [4.69, 9.17) is 0 Å². The van der Waals surface area contributed by atoms with Gasteiger partial charge in [-0.3, -0.25) is 0 Å². The summed E-state index contributed by atoms with van der Waals surface area (Å²) in [4.78, 5) is 0. The molecule has 7 rings (SSSR count). The molecule has 0 heteroatoms. The van der Waals surface area contributed by atoms with E-state index in [9.17, 15) is 0 Å². The Kier molecular flexibility index (Phi) is 4.63. The molecule has 0 spiro atoms. The lowest BCUT2D eigenvalue weighted by molar-refractivity contribution is 1.45. The molecule has 1 aliphatic rings. The molecule has 0 bridgehead atoms. The lowest BCUT2D eigenvalue weighted by atomic mass is 9.85. The summed E-state index contributed by atoms with van der Waals surface area (Å²) in [5.74, 6) is 0. The van der Waals surface area contributed by atoms with Crippen molar-refractivity contribution in [2.75, 3.05) is 0 Å². The Labute approximate surface area is 205 Å². The van der Waals surface area contributed by atoms with Crippen LogP contribution in [-0.2, 0) is 0 Å². The molecule has 0 amide bonds. The highest BCUT2D eigenvalue weighted by molar-refractivity contribution is 6.25. The minimum Gasteiger partial charge on any atom is -0.0716 e. The molecule has 0 unspecified atom stereocenters. The van der Waals surface area contributed by atoms with Crippen molar-refractivity contribution in [3.05, 3.63) is 150 Å². The number of hydrogen-bond donors (Lipinski definition) is 0. The molecule has 0 aromatic heterocycles. The predicted molar refractivity (Wildman–Crippen MR) is 151 cm³/mol. The number of rotatable bonds is 3. The van der Waals surface area contributed by atoms with Gasteiger partial charge in [0.2, 0.25) is 0 Å². The van der Waals surface area contributed by atoms with E-state index in [1.807, 2.05) is 0 Å². The molecule has 0 fully saturated rings. The van der Waals surface area contributed by atoms with Gasteiger partial charge in [0.15, 0.2) is 0 Å². The summed E-state index contributed by atoms with van der Waals surface area (Å²) >= 11 is 0. The normalized spacial score (nSPS) is 13.7. The number of benzene rings is 6. The molecular weight excluding hydrogens is 420 g/mol. The molecule has 0 atom stereocenters. The van der Waals surface area contributed by atoms with E-state index < -0.39 is 0 Å². The van der Waals surface area contributed by atoms with Crippen LogP contribution < -0.4 is 0 Å². The quantitative estimate of drug-likeness (QED) is 0.255. The smallest absolute Gasteiger partial charge is 0.00606 e. The number of allylic oxidation sites excluding steroid dienone is 4. The van der Waals surface area contributed by atoms with Crippen molar-refractivity contribution in [1.29, 1.82) is 0 Å². The van der Waals surface area contributed by atoms with E-state index in [0.717, 1.165) is 6.42 Å². The average molecular weight is 445 g/mol. The molecule has 0 radical (unpaired) electrons. The van der Waals surface area contributed by atoms with E-state index >= 15 is 0 Å². The van der Waals surface area contributed by atoms with Gasteiger partial charge in [0, 0.05) is 0 Å². The van der Waals surface area contributed by atoms with Gasteiger partial charge in [-0.25, -0.2) is 0 Å². The SMILES string of the molecule is C1=C(c2cccc3ccccc23)C(c2cccc3ccccc23)=C(c2cccc3ccccc23)C1. The third-order valence-corrected chi connectivity index (χ3v) is 7.33. The number of fused-ring (bicyclic) bond motifs is 3. The largest absolute Gasteiger partial charge is 0.0716 e. The van der Waals surface area contributed by atoms with Crippen LogP contribution in [0.3, 0.4) is 0 Å². The van der Waals surface area contributed by atoms with Crippen LogP contribution >= 0.6 is 0 Å². The van der Waals surface area contributed by atoms with Crippen LogP contribution in [0.2, 0.25) is 0 Å². The molecule has 0 heterocycles. The maximum Gasteiger partial charge on any atom is -0.00606 e. The molecular formula is C35H24. The third kappa shape index (κ3) is 3.22. The van der Waals surface area contributed by atoms with Crippen LogP contribution in [0.5, 0.6) is 0 Å². The van der Waals surface area contributed by atoms with E-state index in [1.165, 1.54) is 65.7 Å². The molecule has 0 aliphatic heterocycles. The summed E-state index contributed by atoms with van der Waals surface area (Å²) in [6.07, 6.45) is 3.36. The zero-order valence-corrected chi connectivity index (χ0v) is 19.4. The van der Waals surface area contributed by atoms with Crippen molar-refractivity contribution in [1.82, 2.24) is 0 Å². The predicted octanol–water partition coefficient (Wildman–Crippen LogP) is 9.54. The first-order valence-corrected chi connectivity index (χ1v) is 12.3. The molecule has 0 nitrogen and oxygen atoms in total. The van der Waals surface area contributed by atoms with Gasteiger partial charge in [-0.05, 0) is 72.1 Å². The van der Waals surface area contributed by atoms with E-state index in [-0.39, 0.29) is 0 Å². The van der Waals surface area contributed by atoms with Gasteiger partial charge >= 0.3 is 0 Å². The molecule has 0 N–H and O–H groups in total. The van der Waals surface area contributed by atoms with Gasteiger partial charge in [-0.2, -0.15) is 0 Å². The first-order valence-electron chi connectivity index (χ1n) is 12.3. The third-order valence-electron chi connectivity index (χ3n) is 7.33. The molecule has 6 aromatic rings. The molecule has 6 aromatic carbocycles. The van der Waals surface area contributed by atoms with Gasteiger partial charge in [-0.1, -0.05) is 133 Å². The van der Waals surface area contributed by atoms with Crippen LogP contribution in [0.15, 0.2) is 133 Å². The average Bonchev–Trinajstić information content (AvgIpc) is 3.36. The molecule has 35 heavy (non-hydrogen) atoms. The summed E-state index contributed by atoms with van der Waals surface area (Å²) in [7, 11) is 0. The van der Waals surface area contributed by atoms with Crippen LogP contribution in [0.25, 0.3) is 49.0 Å². The number of hydrogen-bond acceptors (Lipinski definition) is 0. The van der Waals surface area contributed by atoms with Crippen molar-refractivity contribution in [3.63, 3.8) is 0 Å². The Balaban J connectivity index is 1.57. The molecule has 0 saturated heterocycles. The summed E-state index contributed by atoms with van der Waals surface area (Å²) in [5, 5.41) is 7.76. The van der Waals surface area contributed by atoms with Gasteiger partial charge in [0.25, 0.3) is 0 Å².